The van der Waals surface area contributed by atoms with Crippen molar-refractivity contribution >= 4 is 0 Å². The normalized spacial score (nSPS) is 17.1. The van der Waals surface area contributed by atoms with Crippen LogP contribution in [0.5, 0.6) is 0 Å². The van der Waals surface area contributed by atoms with Crippen molar-refractivity contribution < 1.29 is 0 Å². The summed E-state index contributed by atoms with van der Waals surface area (Å²) in [6, 6.07) is 0. The zero-order chi connectivity index (χ0) is 12.2. The first-order chi connectivity index (χ1) is 7.51. The predicted octanol–water partition coefficient (Wildman–Crippen LogP) is 2.60. The number of aromatic nitrogens is 2. The molecule has 1 rings (SSSR count). The lowest BCUT2D eigenvalue weighted by Gasteiger charge is -2.31. The second-order valence-corrected chi connectivity index (χ2v) is 5.03. The third-order valence-corrected chi connectivity index (χ3v) is 3.54. The van der Waals surface area contributed by atoms with Crippen molar-refractivity contribution in [2.45, 2.75) is 59.0 Å². The smallest absolute Gasteiger partial charge is 0.110 e. The van der Waals surface area contributed by atoms with Crippen molar-refractivity contribution in [1.82, 2.24) is 9.55 Å². The summed E-state index contributed by atoms with van der Waals surface area (Å²) in [7, 11) is 0. The minimum Gasteiger partial charge on any atom is -0.335 e. The second kappa shape index (κ2) is 5.48. The molecule has 1 aromatic heterocycles. The number of hydrogen-bond acceptors (Lipinski definition) is 2. The molecule has 1 aromatic rings. The first-order valence-corrected chi connectivity index (χ1v) is 6.30. The number of aryl methyl sites for hydroxylation is 1. The maximum Gasteiger partial charge on any atom is 0.110 e. The Labute approximate surface area is 99.1 Å². The Balaban J connectivity index is 2.75. The highest BCUT2D eigenvalue weighted by Gasteiger charge is 2.27. The van der Waals surface area contributed by atoms with Gasteiger partial charge in [0.25, 0.3) is 0 Å². The van der Waals surface area contributed by atoms with Crippen molar-refractivity contribution in [2.75, 3.05) is 0 Å². The summed E-state index contributed by atoms with van der Waals surface area (Å²) in [6.45, 7) is 9.75. The highest BCUT2D eigenvalue weighted by atomic mass is 15.1. The van der Waals surface area contributed by atoms with Gasteiger partial charge in [0.15, 0.2) is 0 Å². The highest BCUT2D eigenvalue weighted by molar-refractivity contribution is 5.00. The van der Waals surface area contributed by atoms with Crippen LogP contribution in [0.3, 0.4) is 0 Å². The Morgan fingerprint density at radius 3 is 2.75 bits per heavy atom. The minimum atomic E-state index is -0.161. The Hall–Kier alpha value is -0.830. The van der Waals surface area contributed by atoms with Crippen LogP contribution >= 0.6 is 0 Å². The summed E-state index contributed by atoms with van der Waals surface area (Å²) >= 11 is 0. The number of nitrogens with two attached hydrogens (primary N) is 1. The molecule has 0 aliphatic carbocycles. The van der Waals surface area contributed by atoms with Crippen LogP contribution in [0.25, 0.3) is 0 Å². The molecule has 92 valence electrons. The number of imidazole rings is 1. The fourth-order valence-electron chi connectivity index (χ4n) is 1.93. The lowest BCUT2D eigenvalue weighted by Crippen LogP contribution is -2.45. The number of hydrogen-bond donors (Lipinski definition) is 1. The predicted molar refractivity (Wildman–Crippen MR) is 68.3 cm³/mol. The van der Waals surface area contributed by atoms with Crippen LogP contribution in [0.15, 0.2) is 12.4 Å². The van der Waals surface area contributed by atoms with E-state index in [4.69, 9.17) is 5.73 Å². The Bertz CT molecular complexity index is 315. The van der Waals surface area contributed by atoms with Crippen molar-refractivity contribution in [2.24, 2.45) is 11.7 Å². The van der Waals surface area contributed by atoms with Crippen molar-refractivity contribution in [3.05, 3.63) is 18.2 Å². The summed E-state index contributed by atoms with van der Waals surface area (Å²) in [5.74, 6) is 1.63. The Kier molecular flexibility index (Phi) is 4.54. The summed E-state index contributed by atoms with van der Waals surface area (Å²) < 4.78 is 2.22. The molecule has 0 fully saturated rings. The zero-order valence-corrected chi connectivity index (χ0v) is 11.0. The van der Waals surface area contributed by atoms with Crippen LogP contribution in [0, 0.1) is 5.92 Å². The molecule has 0 aliphatic heterocycles. The molecule has 3 heteroatoms. The fourth-order valence-corrected chi connectivity index (χ4v) is 1.93. The first kappa shape index (κ1) is 13.2. The molecular formula is C13H25N3. The lowest BCUT2D eigenvalue weighted by molar-refractivity contribution is 0.298. The van der Waals surface area contributed by atoms with E-state index in [2.05, 4.69) is 37.2 Å². The second-order valence-electron chi connectivity index (χ2n) is 5.03. The van der Waals surface area contributed by atoms with E-state index in [1.54, 1.807) is 0 Å². The van der Waals surface area contributed by atoms with E-state index >= 15 is 0 Å². The highest BCUT2D eigenvalue weighted by Crippen LogP contribution is 2.21. The van der Waals surface area contributed by atoms with Gasteiger partial charge in [0.2, 0.25) is 0 Å². The third-order valence-electron chi connectivity index (χ3n) is 3.54. The van der Waals surface area contributed by atoms with Gasteiger partial charge in [0, 0.05) is 30.9 Å². The maximum atomic E-state index is 6.37. The van der Waals surface area contributed by atoms with Crippen LogP contribution in [-0.4, -0.2) is 15.1 Å². The van der Waals surface area contributed by atoms with Gasteiger partial charge in [-0.1, -0.05) is 27.2 Å². The van der Waals surface area contributed by atoms with E-state index in [-0.39, 0.29) is 5.54 Å². The lowest BCUT2D eigenvalue weighted by atomic mass is 9.83. The van der Waals surface area contributed by atoms with Crippen LogP contribution in [0.4, 0.5) is 0 Å². The van der Waals surface area contributed by atoms with Crippen molar-refractivity contribution in [3.63, 3.8) is 0 Å². The maximum absolute atomic E-state index is 6.37. The van der Waals surface area contributed by atoms with E-state index in [0.29, 0.717) is 5.92 Å². The molecule has 3 nitrogen and oxygen atoms in total. The topological polar surface area (TPSA) is 43.8 Å². The van der Waals surface area contributed by atoms with Crippen LogP contribution < -0.4 is 5.73 Å². The molecule has 0 saturated heterocycles. The standard InChI is InChI=1S/C13H25N3/c1-5-8-16-9-7-15-12(16)10-13(4,14)11(3)6-2/h7,9,11H,5-6,8,10,14H2,1-4H3. The molecule has 2 N–H and O–H groups in total. The van der Waals surface area contributed by atoms with Gasteiger partial charge in [-0.2, -0.15) is 0 Å². The molecule has 0 bridgehead atoms. The Morgan fingerprint density at radius 1 is 1.50 bits per heavy atom. The van der Waals surface area contributed by atoms with Gasteiger partial charge in [0.05, 0.1) is 0 Å². The van der Waals surface area contributed by atoms with Gasteiger partial charge in [-0.3, -0.25) is 0 Å². The molecule has 0 saturated carbocycles. The van der Waals surface area contributed by atoms with Crippen LogP contribution in [-0.2, 0) is 13.0 Å². The Morgan fingerprint density at radius 2 is 2.19 bits per heavy atom. The van der Waals surface area contributed by atoms with Gasteiger partial charge in [-0.05, 0) is 19.3 Å². The molecular weight excluding hydrogens is 198 g/mol. The zero-order valence-electron chi connectivity index (χ0n) is 11.0. The largest absolute Gasteiger partial charge is 0.335 e. The van der Waals surface area contributed by atoms with E-state index in [1.165, 1.54) is 0 Å². The van der Waals surface area contributed by atoms with Gasteiger partial charge in [-0.15, -0.1) is 0 Å². The molecule has 2 atom stereocenters. The molecule has 0 aromatic carbocycles. The van der Waals surface area contributed by atoms with Gasteiger partial charge >= 0.3 is 0 Å². The monoisotopic (exact) mass is 223 g/mol. The summed E-state index contributed by atoms with van der Waals surface area (Å²) in [5.41, 5.74) is 6.21. The minimum absolute atomic E-state index is 0.161. The first-order valence-electron chi connectivity index (χ1n) is 6.30. The van der Waals surface area contributed by atoms with Crippen LogP contribution in [0.1, 0.15) is 46.4 Å². The van der Waals surface area contributed by atoms with Gasteiger partial charge < -0.3 is 10.3 Å². The van der Waals surface area contributed by atoms with E-state index in [0.717, 1.165) is 31.6 Å². The SMILES string of the molecule is CCCn1ccnc1CC(C)(N)C(C)CC. The van der Waals surface area contributed by atoms with Crippen molar-refractivity contribution in [1.29, 1.82) is 0 Å². The van der Waals surface area contributed by atoms with Crippen LogP contribution in [0.2, 0.25) is 0 Å². The van der Waals surface area contributed by atoms with E-state index in [9.17, 15) is 0 Å². The summed E-state index contributed by atoms with van der Waals surface area (Å²) in [5, 5.41) is 0. The molecule has 16 heavy (non-hydrogen) atoms. The number of nitrogens with zero attached hydrogens (tertiary/aromatic N) is 2. The molecule has 0 radical (unpaired) electrons. The summed E-state index contributed by atoms with van der Waals surface area (Å²) in [4.78, 5) is 4.42. The average Bonchev–Trinajstić information content (AvgIpc) is 2.64. The number of rotatable bonds is 6. The molecule has 0 aliphatic rings. The fraction of sp³-hybridized carbons (Fsp3) is 0.769. The average molecular weight is 223 g/mol. The summed E-state index contributed by atoms with van der Waals surface area (Å²) in [6.07, 6.45) is 7.02. The molecule has 0 amide bonds. The van der Waals surface area contributed by atoms with Gasteiger partial charge in [0.1, 0.15) is 5.82 Å². The third kappa shape index (κ3) is 3.08. The molecule has 2 unspecified atom stereocenters. The van der Waals surface area contributed by atoms with Crippen molar-refractivity contribution in [3.8, 4) is 0 Å². The van der Waals surface area contributed by atoms with E-state index in [1.807, 2.05) is 12.4 Å². The van der Waals surface area contributed by atoms with E-state index < -0.39 is 0 Å². The van der Waals surface area contributed by atoms with Gasteiger partial charge in [-0.25, -0.2) is 4.98 Å². The molecule has 1 heterocycles. The molecule has 0 spiro atoms. The quantitative estimate of drug-likeness (QED) is 0.805.